The van der Waals surface area contributed by atoms with Gasteiger partial charge in [0.25, 0.3) is 5.56 Å². The third kappa shape index (κ3) is 3.23. The monoisotopic (exact) mass is 417 g/mol. The van der Waals surface area contributed by atoms with Gasteiger partial charge in [-0.3, -0.25) is 9.36 Å². The summed E-state index contributed by atoms with van der Waals surface area (Å²) in [5.74, 6) is 0.0580. The zero-order chi connectivity index (χ0) is 20.7. The minimum absolute atomic E-state index is 0.109. The summed E-state index contributed by atoms with van der Waals surface area (Å²) in [6, 6.07) is 15.9. The summed E-state index contributed by atoms with van der Waals surface area (Å²) in [6.45, 7) is 2.19. The molecule has 0 fully saturated rings. The first kappa shape index (κ1) is 18.4. The summed E-state index contributed by atoms with van der Waals surface area (Å²) in [5.41, 5.74) is 3.16. The van der Waals surface area contributed by atoms with Gasteiger partial charge in [0.1, 0.15) is 16.9 Å². The quantitative estimate of drug-likeness (QED) is 0.399. The molecule has 0 aliphatic carbocycles. The molecular formula is C23H16FN3O2S. The van der Waals surface area contributed by atoms with Crippen molar-refractivity contribution < 1.29 is 8.81 Å². The van der Waals surface area contributed by atoms with E-state index in [0.717, 1.165) is 20.8 Å². The predicted octanol–water partition coefficient (Wildman–Crippen LogP) is 5.28. The first-order chi connectivity index (χ1) is 14.6. The summed E-state index contributed by atoms with van der Waals surface area (Å²) in [5, 5.41) is 0.628. The average Bonchev–Trinajstić information content (AvgIpc) is 3.36. The van der Waals surface area contributed by atoms with Crippen LogP contribution in [0.3, 0.4) is 0 Å². The summed E-state index contributed by atoms with van der Waals surface area (Å²) in [4.78, 5) is 23.8. The summed E-state index contributed by atoms with van der Waals surface area (Å²) >= 11 is 1.52. The van der Waals surface area contributed by atoms with Crippen LogP contribution in [0.4, 0.5) is 4.39 Å². The molecule has 0 bridgehead atoms. The number of hydrogen-bond acceptors (Lipinski definition) is 5. The molecule has 0 saturated heterocycles. The molecule has 5 aromatic rings. The number of aryl methyl sites for hydroxylation is 1. The van der Waals surface area contributed by atoms with Crippen molar-refractivity contribution in [2.24, 2.45) is 0 Å². The molecule has 0 radical (unpaired) electrons. The molecule has 0 amide bonds. The molecule has 7 heteroatoms. The highest BCUT2D eigenvalue weighted by atomic mass is 32.1. The predicted molar refractivity (Wildman–Crippen MR) is 115 cm³/mol. The van der Waals surface area contributed by atoms with Crippen LogP contribution in [0.15, 0.2) is 76.4 Å². The third-order valence-corrected chi connectivity index (χ3v) is 6.18. The van der Waals surface area contributed by atoms with Gasteiger partial charge in [0.15, 0.2) is 0 Å². The first-order valence-electron chi connectivity index (χ1n) is 9.34. The Bertz CT molecular complexity index is 1400. The average molecular weight is 417 g/mol. The molecular weight excluding hydrogens is 401 g/mol. The van der Waals surface area contributed by atoms with Gasteiger partial charge in [0.05, 0.1) is 24.0 Å². The van der Waals surface area contributed by atoms with E-state index in [2.05, 4.69) is 9.97 Å². The Labute approximate surface area is 175 Å². The van der Waals surface area contributed by atoms with E-state index in [9.17, 15) is 9.18 Å². The number of halogens is 1. The van der Waals surface area contributed by atoms with Crippen molar-refractivity contribution in [1.29, 1.82) is 0 Å². The fourth-order valence-corrected chi connectivity index (χ4v) is 4.56. The lowest BCUT2D eigenvalue weighted by Gasteiger charge is -2.03. The van der Waals surface area contributed by atoms with Gasteiger partial charge in [-0.1, -0.05) is 30.3 Å². The van der Waals surface area contributed by atoms with Crippen molar-refractivity contribution in [3.05, 3.63) is 94.6 Å². The van der Waals surface area contributed by atoms with Gasteiger partial charge in [-0.25, -0.2) is 14.4 Å². The highest BCUT2D eigenvalue weighted by Gasteiger charge is 2.16. The third-order valence-electron chi connectivity index (χ3n) is 4.93. The Morgan fingerprint density at radius 1 is 1.07 bits per heavy atom. The Morgan fingerprint density at radius 3 is 2.60 bits per heavy atom. The molecule has 0 aliphatic heterocycles. The smallest absolute Gasteiger partial charge is 0.262 e. The largest absolute Gasteiger partial charge is 0.444 e. The van der Waals surface area contributed by atoms with Crippen molar-refractivity contribution in [3.8, 4) is 21.9 Å². The van der Waals surface area contributed by atoms with E-state index in [1.54, 1.807) is 18.5 Å². The van der Waals surface area contributed by atoms with Crippen LogP contribution in [0.5, 0.6) is 0 Å². The maximum absolute atomic E-state index is 13.1. The first-order valence-corrected chi connectivity index (χ1v) is 10.2. The van der Waals surface area contributed by atoms with Crippen LogP contribution in [0.25, 0.3) is 32.1 Å². The van der Waals surface area contributed by atoms with Gasteiger partial charge in [0, 0.05) is 10.4 Å². The topological polar surface area (TPSA) is 60.9 Å². The highest BCUT2D eigenvalue weighted by molar-refractivity contribution is 7.22. The molecule has 5 rings (SSSR count). The number of hydrogen-bond donors (Lipinski definition) is 0. The maximum Gasteiger partial charge on any atom is 0.262 e. The van der Waals surface area contributed by atoms with Gasteiger partial charge < -0.3 is 4.42 Å². The van der Waals surface area contributed by atoms with Gasteiger partial charge in [-0.2, -0.15) is 0 Å². The van der Waals surface area contributed by atoms with Crippen LogP contribution < -0.4 is 5.56 Å². The van der Waals surface area contributed by atoms with Crippen LogP contribution in [-0.4, -0.2) is 14.5 Å². The fraction of sp³-hybridized carbons (Fsp3) is 0.0870. The lowest BCUT2D eigenvalue weighted by atomic mass is 10.1. The van der Waals surface area contributed by atoms with Gasteiger partial charge >= 0.3 is 0 Å². The minimum Gasteiger partial charge on any atom is -0.444 e. The van der Waals surface area contributed by atoms with E-state index in [0.29, 0.717) is 22.5 Å². The number of aromatic nitrogens is 3. The number of rotatable bonds is 4. The molecule has 3 heterocycles. The number of nitrogens with zero attached hydrogens (tertiary/aromatic N) is 3. The van der Waals surface area contributed by atoms with Crippen molar-refractivity contribution in [2.75, 3.05) is 0 Å². The molecule has 30 heavy (non-hydrogen) atoms. The number of fused-ring (bicyclic) bond motifs is 1. The van der Waals surface area contributed by atoms with Crippen molar-refractivity contribution in [2.45, 2.75) is 13.5 Å². The SMILES string of the molecule is Cc1c(-c2ccccc2)sc2ncn(Cc3coc(-c4ccc(F)cc4)n3)c(=O)c12. The standard InChI is InChI=1S/C23H16FN3O2S/c1-14-19-22(30-20(14)15-5-3-2-4-6-15)25-13-27(23(19)28)11-18-12-29-21(26-18)16-7-9-17(24)10-8-16/h2-10,12-13H,11H2,1H3. The van der Waals surface area contributed by atoms with Crippen LogP contribution >= 0.6 is 11.3 Å². The second kappa shape index (κ2) is 7.35. The van der Waals surface area contributed by atoms with E-state index in [-0.39, 0.29) is 17.9 Å². The number of benzene rings is 2. The summed E-state index contributed by atoms with van der Waals surface area (Å²) in [6.07, 6.45) is 3.05. The Hall–Kier alpha value is -3.58. The van der Waals surface area contributed by atoms with E-state index in [1.165, 1.54) is 34.3 Å². The zero-order valence-corrected chi connectivity index (χ0v) is 16.8. The normalized spacial score (nSPS) is 11.3. The number of thiophene rings is 1. The second-order valence-corrected chi connectivity index (χ2v) is 7.93. The van der Waals surface area contributed by atoms with Gasteiger partial charge in [-0.15, -0.1) is 11.3 Å². The fourth-order valence-electron chi connectivity index (χ4n) is 3.42. The minimum atomic E-state index is -0.322. The Balaban J connectivity index is 1.50. The molecule has 5 nitrogen and oxygen atoms in total. The molecule has 0 spiro atoms. The van der Waals surface area contributed by atoms with Crippen LogP contribution in [0, 0.1) is 12.7 Å². The van der Waals surface area contributed by atoms with E-state index in [4.69, 9.17) is 4.42 Å². The van der Waals surface area contributed by atoms with Crippen molar-refractivity contribution >= 4 is 21.6 Å². The van der Waals surface area contributed by atoms with E-state index in [1.807, 2.05) is 37.3 Å². The van der Waals surface area contributed by atoms with Crippen LogP contribution in [-0.2, 0) is 6.54 Å². The molecule has 0 saturated carbocycles. The summed E-state index contributed by atoms with van der Waals surface area (Å²) < 4.78 is 20.2. The molecule has 0 aliphatic rings. The van der Waals surface area contributed by atoms with Crippen LogP contribution in [0.2, 0.25) is 0 Å². The summed E-state index contributed by atoms with van der Waals surface area (Å²) in [7, 11) is 0. The van der Waals surface area contributed by atoms with Gasteiger partial charge in [0.2, 0.25) is 5.89 Å². The second-order valence-electron chi connectivity index (χ2n) is 6.93. The Kier molecular flexibility index (Phi) is 4.52. The lowest BCUT2D eigenvalue weighted by Crippen LogP contribution is -2.21. The molecule has 2 aromatic carbocycles. The molecule has 0 N–H and O–H groups in total. The maximum atomic E-state index is 13.1. The molecule has 0 unspecified atom stereocenters. The molecule has 148 valence electrons. The highest BCUT2D eigenvalue weighted by Crippen LogP contribution is 2.35. The zero-order valence-electron chi connectivity index (χ0n) is 16.0. The van der Waals surface area contributed by atoms with E-state index >= 15 is 0 Å². The Morgan fingerprint density at radius 2 is 1.83 bits per heavy atom. The van der Waals surface area contributed by atoms with Gasteiger partial charge in [-0.05, 0) is 42.3 Å². The van der Waals surface area contributed by atoms with Crippen molar-refractivity contribution in [1.82, 2.24) is 14.5 Å². The van der Waals surface area contributed by atoms with Crippen molar-refractivity contribution in [3.63, 3.8) is 0 Å². The van der Waals surface area contributed by atoms with E-state index < -0.39 is 0 Å². The number of oxazole rings is 1. The molecule has 3 aromatic heterocycles. The van der Waals surface area contributed by atoms with Crippen LogP contribution in [0.1, 0.15) is 11.3 Å². The lowest BCUT2D eigenvalue weighted by molar-refractivity contribution is 0.570. The molecule has 0 atom stereocenters.